The number of para-hydroxylation sites is 1. The molecule has 4 rings (SSSR count). The zero-order valence-electron chi connectivity index (χ0n) is 16.1. The van der Waals surface area contributed by atoms with Crippen molar-refractivity contribution < 1.29 is 4.39 Å². The minimum atomic E-state index is -0.422. The number of nitrogen functional groups attached to an aromatic ring is 1. The number of hydrogen-bond acceptors (Lipinski definition) is 6. The normalized spacial score (nSPS) is 11.2. The van der Waals surface area contributed by atoms with Gasteiger partial charge >= 0.3 is 0 Å². The van der Waals surface area contributed by atoms with Gasteiger partial charge in [-0.15, -0.1) is 0 Å². The van der Waals surface area contributed by atoms with E-state index in [0.29, 0.717) is 17.4 Å². The van der Waals surface area contributed by atoms with Crippen LogP contribution < -0.4 is 11.1 Å². The van der Waals surface area contributed by atoms with Crippen molar-refractivity contribution in [2.75, 3.05) is 11.1 Å². The van der Waals surface area contributed by atoms with Gasteiger partial charge < -0.3 is 11.1 Å². The molecular formula is C22H20FN5S. The van der Waals surface area contributed by atoms with Crippen molar-refractivity contribution in [3.8, 4) is 0 Å². The first-order valence-corrected chi connectivity index (χ1v) is 10.0. The summed E-state index contributed by atoms with van der Waals surface area (Å²) in [4.78, 5) is 15.1. The minimum absolute atomic E-state index is 0.140. The van der Waals surface area contributed by atoms with Gasteiger partial charge in [0, 0.05) is 15.5 Å². The third-order valence-electron chi connectivity index (χ3n) is 4.45. The predicted octanol–water partition coefficient (Wildman–Crippen LogP) is 5.76. The molecule has 0 amide bonds. The van der Waals surface area contributed by atoms with E-state index in [4.69, 9.17) is 5.73 Å². The number of hydrogen-bond donors (Lipinski definition) is 2. The van der Waals surface area contributed by atoms with E-state index in [2.05, 4.69) is 34.1 Å². The zero-order valence-corrected chi connectivity index (χ0v) is 16.9. The van der Waals surface area contributed by atoms with E-state index in [1.54, 1.807) is 12.1 Å². The highest BCUT2D eigenvalue weighted by molar-refractivity contribution is 7.99. The monoisotopic (exact) mass is 405 g/mol. The Morgan fingerprint density at radius 2 is 1.86 bits per heavy atom. The summed E-state index contributed by atoms with van der Waals surface area (Å²) < 4.78 is 13.8. The number of aromatic nitrogens is 3. The van der Waals surface area contributed by atoms with Gasteiger partial charge in [-0.2, -0.15) is 0 Å². The van der Waals surface area contributed by atoms with Gasteiger partial charge in [-0.1, -0.05) is 37.7 Å². The Bertz CT molecular complexity index is 1180. The maximum Gasteiger partial charge on any atom is 0.164 e. The topological polar surface area (TPSA) is 76.7 Å². The third-order valence-corrected chi connectivity index (χ3v) is 5.52. The lowest BCUT2D eigenvalue weighted by molar-refractivity contribution is 0.629. The van der Waals surface area contributed by atoms with E-state index in [1.165, 1.54) is 24.2 Å². The smallest absolute Gasteiger partial charge is 0.164 e. The van der Waals surface area contributed by atoms with E-state index in [0.717, 1.165) is 26.6 Å². The number of benzene rings is 2. The minimum Gasteiger partial charge on any atom is -0.396 e. The molecule has 0 spiro atoms. The first kappa shape index (κ1) is 19.1. The van der Waals surface area contributed by atoms with Gasteiger partial charge in [-0.25, -0.2) is 19.3 Å². The lowest BCUT2D eigenvalue weighted by Crippen LogP contribution is -2.00. The number of halogens is 1. The number of pyridine rings is 1. The highest BCUT2D eigenvalue weighted by atomic mass is 32.2. The molecule has 146 valence electrons. The van der Waals surface area contributed by atoms with Crippen LogP contribution in [0.15, 0.2) is 70.7 Å². The number of nitrogens with two attached hydrogens (primary N) is 1. The Kier molecular flexibility index (Phi) is 5.31. The van der Waals surface area contributed by atoms with Crippen molar-refractivity contribution >= 4 is 40.0 Å². The second kappa shape index (κ2) is 8.05. The Morgan fingerprint density at radius 3 is 2.66 bits per heavy atom. The van der Waals surface area contributed by atoms with Crippen molar-refractivity contribution in [2.24, 2.45) is 0 Å². The predicted molar refractivity (Wildman–Crippen MR) is 116 cm³/mol. The molecule has 0 saturated carbocycles. The number of nitrogens with one attached hydrogen (secondary N) is 1. The lowest BCUT2D eigenvalue weighted by atomic mass is 10.1. The van der Waals surface area contributed by atoms with E-state index >= 15 is 0 Å². The van der Waals surface area contributed by atoms with Gasteiger partial charge in [0.1, 0.15) is 18.0 Å². The van der Waals surface area contributed by atoms with Crippen LogP contribution in [0.2, 0.25) is 0 Å². The van der Waals surface area contributed by atoms with Crippen molar-refractivity contribution in [3.05, 3.63) is 72.4 Å². The van der Waals surface area contributed by atoms with Crippen LogP contribution in [0.25, 0.3) is 11.0 Å². The molecule has 3 N–H and O–H groups in total. The van der Waals surface area contributed by atoms with Crippen LogP contribution in [0.3, 0.4) is 0 Å². The molecule has 0 unspecified atom stereocenters. The zero-order chi connectivity index (χ0) is 20.4. The Labute approximate surface area is 172 Å². The molecule has 7 heteroatoms. The number of anilines is 3. The van der Waals surface area contributed by atoms with Crippen molar-refractivity contribution in [3.63, 3.8) is 0 Å². The van der Waals surface area contributed by atoms with Crippen LogP contribution in [0.4, 0.5) is 21.6 Å². The Balaban J connectivity index is 1.67. The van der Waals surface area contributed by atoms with Gasteiger partial charge in [0.25, 0.3) is 0 Å². The number of fused-ring (bicyclic) bond motifs is 1. The fourth-order valence-corrected chi connectivity index (χ4v) is 3.79. The van der Waals surface area contributed by atoms with Crippen LogP contribution >= 0.6 is 11.8 Å². The quantitative estimate of drug-likeness (QED) is 0.411. The molecule has 5 nitrogen and oxygen atoms in total. The van der Waals surface area contributed by atoms with Crippen LogP contribution in [-0.4, -0.2) is 15.0 Å². The lowest BCUT2D eigenvalue weighted by Gasteiger charge is -2.13. The summed E-state index contributed by atoms with van der Waals surface area (Å²) in [6.07, 6.45) is 1.51. The summed E-state index contributed by atoms with van der Waals surface area (Å²) in [6, 6.07) is 16.6. The molecule has 0 saturated heterocycles. The summed E-state index contributed by atoms with van der Waals surface area (Å²) in [7, 11) is 0. The summed E-state index contributed by atoms with van der Waals surface area (Å²) in [5.41, 5.74) is 8.22. The van der Waals surface area contributed by atoms with Gasteiger partial charge in [-0.3, -0.25) is 0 Å². The standard InChI is InChI=1S/C22H20FN5S/c1-13(2)18-10-8-15-21(27-18)25-12-26-22(15)28-19-5-3-4-6-20(19)29-14-7-9-17(24)16(23)11-14/h3-13H,24H2,1-2H3,(H,25,26,27,28). The first-order chi connectivity index (χ1) is 14.0. The SMILES string of the molecule is CC(C)c1ccc2c(Nc3ccccc3Sc3ccc(N)c(F)c3)ncnc2n1. The van der Waals surface area contributed by atoms with Gasteiger partial charge in [-0.05, 0) is 48.4 Å². The highest BCUT2D eigenvalue weighted by Gasteiger charge is 2.11. The van der Waals surface area contributed by atoms with Gasteiger partial charge in [0.15, 0.2) is 5.65 Å². The van der Waals surface area contributed by atoms with Crippen LogP contribution in [0.1, 0.15) is 25.5 Å². The highest BCUT2D eigenvalue weighted by Crippen LogP contribution is 2.36. The molecule has 2 aromatic carbocycles. The fraction of sp³-hybridized carbons (Fsp3) is 0.136. The molecule has 4 aromatic rings. The largest absolute Gasteiger partial charge is 0.396 e. The molecule has 0 atom stereocenters. The third kappa shape index (κ3) is 4.14. The molecular weight excluding hydrogens is 385 g/mol. The van der Waals surface area contributed by atoms with Gasteiger partial charge in [0.05, 0.1) is 16.8 Å². The molecule has 2 aromatic heterocycles. The van der Waals surface area contributed by atoms with E-state index < -0.39 is 5.82 Å². The summed E-state index contributed by atoms with van der Waals surface area (Å²) in [6.45, 7) is 4.20. The molecule has 2 heterocycles. The van der Waals surface area contributed by atoms with E-state index in [1.807, 2.05) is 36.4 Å². The first-order valence-electron chi connectivity index (χ1n) is 9.22. The van der Waals surface area contributed by atoms with Crippen LogP contribution in [0.5, 0.6) is 0 Å². The summed E-state index contributed by atoms with van der Waals surface area (Å²) >= 11 is 1.45. The number of nitrogens with zero attached hydrogens (tertiary/aromatic N) is 3. The summed E-state index contributed by atoms with van der Waals surface area (Å²) in [5, 5.41) is 4.22. The van der Waals surface area contributed by atoms with Crippen LogP contribution in [-0.2, 0) is 0 Å². The molecule has 0 aliphatic heterocycles. The summed E-state index contributed by atoms with van der Waals surface area (Å²) in [5.74, 6) is 0.576. The van der Waals surface area contributed by atoms with E-state index in [-0.39, 0.29) is 5.69 Å². The molecule has 0 fully saturated rings. The molecule has 29 heavy (non-hydrogen) atoms. The van der Waals surface area contributed by atoms with E-state index in [9.17, 15) is 4.39 Å². The number of rotatable bonds is 5. The van der Waals surface area contributed by atoms with Crippen LogP contribution in [0, 0.1) is 5.82 Å². The average molecular weight is 406 g/mol. The second-order valence-corrected chi connectivity index (χ2v) is 8.01. The molecule has 0 aliphatic carbocycles. The van der Waals surface area contributed by atoms with Crippen molar-refractivity contribution in [1.82, 2.24) is 15.0 Å². The maximum atomic E-state index is 13.8. The van der Waals surface area contributed by atoms with Crippen molar-refractivity contribution in [1.29, 1.82) is 0 Å². The fourth-order valence-electron chi connectivity index (χ4n) is 2.86. The molecule has 0 bridgehead atoms. The van der Waals surface area contributed by atoms with Gasteiger partial charge in [0.2, 0.25) is 0 Å². The Morgan fingerprint density at radius 1 is 1.03 bits per heavy atom. The molecule has 0 radical (unpaired) electrons. The Hall–Kier alpha value is -3.19. The van der Waals surface area contributed by atoms with Crippen molar-refractivity contribution in [2.45, 2.75) is 29.6 Å². The average Bonchev–Trinajstić information content (AvgIpc) is 2.72. The second-order valence-electron chi connectivity index (χ2n) is 6.89. The maximum absolute atomic E-state index is 13.8. The molecule has 0 aliphatic rings.